The molecule has 0 unspecified atom stereocenters. The molecule has 0 bridgehead atoms. The van der Waals surface area contributed by atoms with Gasteiger partial charge in [-0.1, -0.05) is 51.1 Å². The maximum atomic E-state index is 13.0. The van der Waals surface area contributed by atoms with Crippen LogP contribution in [-0.2, 0) is 18.7 Å². The smallest absolute Gasteiger partial charge is 0.340 e. The first kappa shape index (κ1) is 26.1. The fourth-order valence-electron chi connectivity index (χ4n) is 4.09. The molecule has 1 fully saturated rings. The molecule has 1 N–H and O–H groups in total. The van der Waals surface area contributed by atoms with Gasteiger partial charge in [0.1, 0.15) is 6.10 Å². The highest BCUT2D eigenvalue weighted by molar-refractivity contribution is 6.74. The fraction of sp³-hybridized carbons (Fsp3) is 0.560. The molecule has 8 nitrogen and oxygen atoms in total. The molecule has 0 radical (unpaired) electrons. The van der Waals surface area contributed by atoms with Crippen LogP contribution in [0.4, 0.5) is 0 Å². The molecule has 0 saturated heterocycles. The Kier molecular flexibility index (Phi) is 8.00. The molecule has 1 saturated carbocycles. The van der Waals surface area contributed by atoms with Crippen molar-refractivity contribution in [3.8, 4) is 0 Å². The predicted octanol–water partition coefficient (Wildman–Crippen LogP) is 3.95. The number of nitrogens with zero attached hydrogens (tertiary/aromatic N) is 1. The van der Waals surface area contributed by atoms with Crippen molar-refractivity contribution in [1.29, 1.82) is 0 Å². The number of aromatic amines is 1. The van der Waals surface area contributed by atoms with E-state index >= 15 is 0 Å². The topological polar surface area (TPSA) is 99.6 Å². The summed E-state index contributed by atoms with van der Waals surface area (Å²) in [4.78, 5) is 39.4. The molecule has 0 aliphatic heterocycles. The normalized spacial score (nSPS) is 22.2. The zero-order chi connectivity index (χ0) is 25.1. The summed E-state index contributed by atoms with van der Waals surface area (Å²) in [6, 6.07) is 10.3. The minimum absolute atomic E-state index is 0.0361. The molecule has 3 rings (SSSR count). The van der Waals surface area contributed by atoms with Crippen LogP contribution in [0.1, 0.15) is 57.7 Å². The Labute approximate surface area is 201 Å². The number of hydrogen-bond donors (Lipinski definition) is 1. The van der Waals surface area contributed by atoms with E-state index in [0.717, 1.165) is 5.56 Å². The monoisotopic (exact) mass is 488 g/mol. The second kappa shape index (κ2) is 10.4. The molecule has 1 aromatic heterocycles. The third kappa shape index (κ3) is 5.95. The Morgan fingerprint density at radius 3 is 2.38 bits per heavy atom. The number of benzene rings is 1. The lowest BCUT2D eigenvalue weighted by molar-refractivity contribution is -0.165. The van der Waals surface area contributed by atoms with Gasteiger partial charge in [-0.15, -0.1) is 0 Å². The standard InChI is InChI=1S/C25H36N2O6Si/c1-25(2,3)34(5,6)33-20-16-18(12-13-19(20)27-15-14-21(28)26-24(27)30)32-23(29)22(31-4)17-10-8-7-9-11-17/h7-11,14-15,18-20,22H,12-13,16H2,1-6H3,(H,26,28,30)/t18-,19-,20-,22-/m0/s1. The molecular formula is C25H36N2O6Si. The van der Waals surface area contributed by atoms with Crippen molar-refractivity contribution in [2.45, 2.75) is 82.5 Å². The first-order chi connectivity index (χ1) is 15.9. The van der Waals surface area contributed by atoms with Crippen molar-refractivity contribution < 1.29 is 18.7 Å². The van der Waals surface area contributed by atoms with Crippen LogP contribution in [0, 0.1) is 0 Å². The lowest BCUT2D eigenvalue weighted by Gasteiger charge is -2.44. The number of methoxy groups -OCH3 is 1. The largest absolute Gasteiger partial charge is 0.460 e. The van der Waals surface area contributed by atoms with Crippen LogP contribution in [0.15, 0.2) is 52.2 Å². The molecule has 0 amide bonds. The first-order valence-corrected chi connectivity index (χ1v) is 14.6. The number of nitrogens with one attached hydrogen (secondary N) is 1. The summed E-state index contributed by atoms with van der Waals surface area (Å²) in [5.74, 6) is -0.440. The van der Waals surface area contributed by atoms with E-state index in [4.69, 9.17) is 13.9 Å². The Bertz CT molecular complexity index is 1090. The first-order valence-electron chi connectivity index (χ1n) is 11.7. The van der Waals surface area contributed by atoms with Gasteiger partial charge in [0.05, 0.1) is 12.1 Å². The number of H-pyrrole nitrogens is 1. The minimum atomic E-state index is -2.20. The van der Waals surface area contributed by atoms with Crippen LogP contribution >= 0.6 is 0 Å². The molecule has 1 aliphatic carbocycles. The number of aromatic nitrogens is 2. The number of rotatable bonds is 7. The van der Waals surface area contributed by atoms with Gasteiger partial charge in [0.2, 0.25) is 0 Å². The fourth-order valence-corrected chi connectivity index (χ4v) is 5.46. The van der Waals surface area contributed by atoms with Crippen molar-refractivity contribution in [2.24, 2.45) is 0 Å². The third-order valence-corrected chi connectivity index (χ3v) is 11.5. The van der Waals surface area contributed by atoms with Gasteiger partial charge in [0.15, 0.2) is 14.4 Å². The SMILES string of the molecule is CO[C@H](C(=O)O[C@H]1CC[C@H](n2ccc(=O)[nH]c2=O)[C@@H](O[Si](C)(C)C(C)(C)C)C1)c1ccccc1. The number of carbonyl (C=O) groups excluding carboxylic acids is 1. The lowest BCUT2D eigenvalue weighted by Crippen LogP contribution is -2.50. The van der Waals surface area contributed by atoms with Crippen LogP contribution < -0.4 is 11.2 Å². The average Bonchev–Trinajstić information content (AvgIpc) is 2.75. The van der Waals surface area contributed by atoms with E-state index in [1.807, 2.05) is 30.3 Å². The van der Waals surface area contributed by atoms with E-state index in [1.165, 1.54) is 19.4 Å². The highest BCUT2D eigenvalue weighted by Gasteiger charge is 2.44. The molecule has 0 spiro atoms. The molecule has 2 aromatic rings. The number of hydrogen-bond acceptors (Lipinski definition) is 6. The zero-order valence-corrected chi connectivity index (χ0v) is 21.9. The Morgan fingerprint density at radius 1 is 1.12 bits per heavy atom. The van der Waals surface area contributed by atoms with Crippen molar-refractivity contribution >= 4 is 14.3 Å². The molecule has 4 atom stereocenters. The Morgan fingerprint density at radius 2 is 1.79 bits per heavy atom. The molecule has 186 valence electrons. The van der Waals surface area contributed by atoms with E-state index < -0.39 is 31.6 Å². The zero-order valence-electron chi connectivity index (χ0n) is 20.9. The Balaban J connectivity index is 1.83. The quantitative estimate of drug-likeness (QED) is 0.468. The number of carbonyl (C=O) groups is 1. The molecule has 34 heavy (non-hydrogen) atoms. The summed E-state index contributed by atoms with van der Waals surface area (Å²) in [6.45, 7) is 10.8. The van der Waals surface area contributed by atoms with Crippen LogP contribution in [0.5, 0.6) is 0 Å². The van der Waals surface area contributed by atoms with E-state index in [-0.39, 0.29) is 23.3 Å². The molecule has 1 heterocycles. The summed E-state index contributed by atoms with van der Waals surface area (Å²) in [5.41, 5.74) is -0.157. The highest BCUT2D eigenvalue weighted by atomic mass is 28.4. The van der Waals surface area contributed by atoms with E-state index in [2.05, 4.69) is 38.8 Å². The van der Waals surface area contributed by atoms with Gasteiger partial charge in [0, 0.05) is 25.8 Å². The molecule has 1 aliphatic rings. The second-order valence-electron chi connectivity index (χ2n) is 10.4. The van der Waals surface area contributed by atoms with Gasteiger partial charge in [-0.2, -0.15) is 0 Å². The summed E-state index contributed by atoms with van der Waals surface area (Å²) in [6.07, 6.45) is 1.63. The van der Waals surface area contributed by atoms with E-state index in [9.17, 15) is 14.4 Å². The maximum absolute atomic E-state index is 13.0. The van der Waals surface area contributed by atoms with Crippen LogP contribution in [-0.4, -0.2) is 43.2 Å². The molecular weight excluding hydrogens is 452 g/mol. The van der Waals surface area contributed by atoms with Crippen LogP contribution in [0.25, 0.3) is 0 Å². The van der Waals surface area contributed by atoms with Crippen LogP contribution in [0.2, 0.25) is 18.1 Å². The second-order valence-corrected chi connectivity index (χ2v) is 15.2. The lowest BCUT2D eigenvalue weighted by atomic mass is 9.90. The average molecular weight is 489 g/mol. The number of ether oxygens (including phenoxy) is 2. The van der Waals surface area contributed by atoms with Crippen molar-refractivity contribution in [3.05, 3.63) is 69.0 Å². The Hall–Kier alpha value is -2.49. The minimum Gasteiger partial charge on any atom is -0.460 e. The van der Waals surface area contributed by atoms with Gasteiger partial charge in [0.25, 0.3) is 5.56 Å². The molecule has 9 heteroatoms. The van der Waals surface area contributed by atoms with Crippen molar-refractivity contribution in [3.63, 3.8) is 0 Å². The number of esters is 1. The van der Waals surface area contributed by atoms with Gasteiger partial charge in [-0.3, -0.25) is 14.3 Å². The van der Waals surface area contributed by atoms with Gasteiger partial charge < -0.3 is 13.9 Å². The third-order valence-electron chi connectivity index (χ3n) is 7.00. The summed E-state index contributed by atoms with van der Waals surface area (Å²) in [7, 11) is -0.711. The van der Waals surface area contributed by atoms with Gasteiger partial charge >= 0.3 is 11.7 Å². The van der Waals surface area contributed by atoms with Gasteiger partial charge in [-0.05, 0) is 36.5 Å². The van der Waals surface area contributed by atoms with Crippen molar-refractivity contribution in [2.75, 3.05) is 7.11 Å². The van der Waals surface area contributed by atoms with Crippen molar-refractivity contribution in [1.82, 2.24) is 9.55 Å². The summed E-state index contributed by atoms with van der Waals surface area (Å²) >= 11 is 0. The maximum Gasteiger partial charge on any atom is 0.340 e. The van der Waals surface area contributed by atoms with Gasteiger partial charge in [-0.25, -0.2) is 9.59 Å². The highest BCUT2D eigenvalue weighted by Crippen LogP contribution is 2.41. The predicted molar refractivity (Wildman–Crippen MR) is 132 cm³/mol. The summed E-state index contributed by atoms with van der Waals surface area (Å²) in [5, 5.41) is -0.0361. The summed E-state index contributed by atoms with van der Waals surface area (Å²) < 4.78 is 19.6. The van der Waals surface area contributed by atoms with E-state index in [0.29, 0.717) is 19.3 Å². The van der Waals surface area contributed by atoms with Crippen LogP contribution in [0.3, 0.4) is 0 Å². The molecule has 1 aromatic carbocycles. The van der Waals surface area contributed by atoms with E-state index in [1.54, 1.807) is 4.57 Å².